The molecule has 1 rings (SSSR count). The SMILES string of the molecule is CC(CCO)Nc1cc(F)c(Cl)cc1N. The lowest BCUT2D eigenvalue weighted by Gasteiger charge is -2.16. The van der Waals surface area contributed by atoms with Crippen LogP contribution in [-0.4, -0.2) is 17.8 Å². The number of nitrogens with one attached hydrogen (secondary N) is 1. The van der Waals surface area contributed by atoms with Gasteiger partial charge in [0.2, 0.25) is 0 Å². The number of halogens is 2. The molecule has 0 spiro atoms. The van der Waals surface area contributed by atoms with E-state index in [0.717, 1.165) is 0 Å². The second-order valence-electron chi connectivity index (χ2n) is 3.41. The molecule has 0 aromatic heterocycles. The number of hydrogen-bond acceptors (Lipinski definition) is 3. The highest BCUT2D eigenvalue weighted by molar-refractivity contribution is 6.31. The number of aliphatic hydroxyl groups is 1. The third-order valence-corrected chi connectivity index (χ3v) is 2.35. The number of anilines is 2. The molecular formula is C10H14ClFN2O. The fourth-order valence-corrected chi connectivity index (χ4v) is 1.39. The van der Waals surface area contributed by atoms with Gasteiger partial charge in [0.15, 0.2) is 0 Å². The zero-order chi connectivity index (χ0) is 11.4. The fraction of sp³-hybridized carbons (Fsp3) is 0.400. The van der Waals surface area contributed by atoms with E-state index in [1.54, 1.807) is 0 Å². The first-order valence-corrected chi connectivity index (χ1v) is 5.04. The normalized spacial score (nSPS) is 12.5. The Morgan fingerprint density at radius 2 is 2.27 bits per heavy atom. The van der Waals surface area contributed by atoms with E-state index in [-0.39, 0.29) is 17.7 Å². The quantitative estimate of drug-likeness (QED) is 0.698. The summed E-state index contributed by atoms with van der Waals surface area (Å²) in [5.74, 6) is -0.510. The van der Waals surface area contributed by atoms with Crippen LogP contribution in [0.2, 0.25) is 5.02 Å². The largest absolute Gasteiger partial charge is 0.397 e. The topological polar surface area (TPSA) is 58.3 Å². The fourth-order valence-electron chi connectivity index (χ4n) is 1.22. The minimum atomic E-state index is -0.510. The van der Waals surface area contributed by atoms with Gasteiger partial charge in [0.05, 0.1) is 16.4 Å². The summed E-state index contributed by atoms with van der Waals surface area (Å²) in [7, 11) is 0. The highest BCUT2D eigenvalue weighted by Crippen LogP contribution is 2.26. The number of hydrogen-bond donors (Lipinski definition) is 3. The van der Waals surface area contributed by atoms with Crippen molar-refractivity contribution in [3.8, 4) is 0 Å². The molecule has 0 saturated heterocycles. The Labute approximate surface area is 93.0 Å². The van der Waals surface area contributed by atoms with Crippen molar-refractivity contribution in [3.05, 3.63) is 23.0 Å². The van der Waals surface area contributed by atoms with Gasteiger partial charge >= 0.3 is 0 Å². The Morgan fingerprint density at radius 3 is 2.87 bits per heavy atom. The van der Waals surface area contributed by atoms with Gasteiger partial charge in [-0.2, -0.15) is 0 Å². The van der Waals surface area contributed by atoms with E-state index in [4.69, 9.17) is 22.4 Å². The molecule has 1 unspecified atom stereocenters. The first-order valence-electron chi connectivity index (χ1n) is 4.66. The predicted octanol–water partition coefficient (Wildman–Crippen LogP) is 2.24. The molecule has 4 N–H and O–H groups in total. The molecule has 0 aliphatic carbocycles. The maximum absolute atomic E-state index is 13.1. The Balaban J connectivity index is 2.81. The van der Waals surface area contributed by atoms with Crippen LogP contribution in [0.15, 0.2) is 12.1 Å². The van der Waals surface area contributed by atoms with Gasteiger partial charge < -0.3 is 16.2 Å². The summed E-state index contributed by atoms with van der Waals surface area (Å²) >= 11 is 5.56. The van der Waals surface area contributed by atoms with Gasteiger partial charge in [0, 0.05) is 18.7 Å². The summed E-state index contributed by atoms with van der Waals surface area (Å²) in [5, 5.41) is 11.7. The highest BCUT2D eigenvalue weighted by atomic mass is 35.5. The van der Waals surface area contributed by atoms with E-state index in [0.29, 0.717) is 17.8 Å². The summed E-state index contributed by atoms with van der Waals surface area (Å²) < 4.78 is 13.1. The molecule has 1 aromatic rings. The number of nitrogen functional groups attached to an aromatic ring is 1. The van der Waals surface area contributed by atoms with E-state index in [9.17, 15) is 4.39 Å². The van der Waals surface area contributed by atoms with Crippen molar-refractivity contribution in [2.75, 3.05) is 17.7 Å². The van der Waals surface area contributed by atoms with E-state index in [1.807, 2.05) is 6.92 Å². The second kappa shape index (κ2) is 5.19. The lowest BCUT2D eigenvalue weighted by Crippen LogP contribution is -2.17. The second-order valence-corrected chi connectivity index (χ2v) is 3.82. The van der Waals surface area contributed by atoms with Crippen LogP contribution in [0.5, 0.6) is 0 Å². The molecule has 0 saturated carbocycles. The average molecular weight is 233 g/mol. The minimum absolute atomic E-state index is 0.00728. The van der Waals surface area contributed by atoms with Crippen molar-refractivity contribution < 1.29 is 9.50 Å². The van der Waals surface area contributed by atoms with Crippen LogP contribution >= 0.6 is 11.6 Å². The molecule has 1 aromatic carbocycles. The molecule has 1 atom stereocenters. The van der Waals surface area contributed by atoms with E-state index >= 15 is 0 Å². The van der Waals surface area contributed by atoms with Gasteiger partial charge in [-0.25, -0.2) is 4.39 Å². The third-order valence-electron chi connectivity index (χ3n) is 2.06. The molecule has 0 amide bonds. The van der Waals surface area contributed by atoms with Crippen molar-refractivity contribution in [2.24, 2.45) is 0 Å². The Hall–Kier alpha value is -1.00. The summed E-state index contributed by atoms with van der Waals surface area (Å²) in [6.45, 7) is 1.95. The molecule has 15 heavy (non-hydrogen) atoms. The van der Waals surface area contributed by atoms with Gasteiger partial charge in [-0.3, -0.25) is 0 Å². The number of nitrogens with two attached hydrogens (primary N) is 1. The lowest BCUT2D eigenvalue weighted by atomic mass is 10.2. The van der Waals surface area contributed by atoms with Gasteiger partial charge in [-0.1, -0.05) is 11.6 Å². The zero-order valence-corrected chi connectivity index (χ0v) is 9.18. The summed E-state index contributed by atoms with van der Waals surface area (Å²) in [6, 6.07) is 2.65. The molecule has 84 valence electrons. The molecule has 0 fully saturated rings. The Bertz CT molecular complexity index is 346. The third kappa shape index (κ3) is 3.25. The van der Waals surface area contributed by atoms with Crippen molar-refractivity contribution >= 4 is 23.0 Å². The van der Waals surface area contributed by atoms with Gasteiger partial charge in [-0.15, -0.1) is 0 Å². The number of aliphatic hydroxyl groups excluding tert-OH is 1. The van der Waals surface area contributed by atoms with Crippen molar-refractivity contribution in [1.29, 1.82) is 0 Å². The molecule has 0 aliphatic heterocycles. The van der Waals surface area contributed by atoms with Crippen LogP contribution in [0.3, 0.4) is 0 Å². The van der Waals surface area contributed by atoms with Crippen LogP contribution < -0.4 is 11.1 Å². The molecule has 0 radical (unpaired) electrons. The highest BCUT2D eigenvalue weighted by Gasteiger charge is 2.08. The summed E-state index contributed by atoms with van der Waals surface area (Å²) in [5.41, 5.74) is 6.55. The van der Waals surface area contributed by atoms with Crippen LogP contribution in [0.25, 0.3) is 0 Å². The van der Waals surface area contributed by atoms with Crippen LogP contribution in [-0.2, 0) is 0 Å². The summed E-state index contributed by atoms with van der Waals surface area (Å²) in [4.78, 5) is 0. The van der Waals surface area contributed by atoms with Crippen molar-refractivity contribution in [3.63, 3.8) is 0 Å². The lowest BCUT2D eigenvalue weighted by molar-refractivity contribution is 0.282. The monoisotopic (exact) mass is 232 g/mol. The van der Waals surface area contributed by atoms with Gasteiger partial charge in [-0.05, 0) is 19.4 Å². The van der Waals surface area contributed by atoms with Crippen LogP contribution in [0, 0.1) is 5.82 Å². The van der Waals surface area contributed by atoms with E-state index in [1.165, 1.54) is 12.1 Å². The molecule has 0 aliphatic rings. The maximum Gasteiger partial charge on any atom is 0.143 e. The standard InChI is InChI=1S/C10H14ClFN2O/c1-6(2-3-15)14-10-5-8(12)7(11)4-9(10)13/h4-6,14-15H,2-3,13H2,1H3. The van der Waals surface area contributed by atoms with Gasteiger partial charge in [0.25, 0.3) is 0 Å². The minimum Gasteiger partial charge on any atom is -0.397 e. The molecule has 3 nitrogen and oxygen atoms in total. The number of rotatable bonds is 4. The predicted molar refractivity (Wildman–Crippen MR) is 60.6 cm³/mol. The van der Waals surface area contributed by atoms with Gasteiger partial charge in [0.1, 0.15) is 5.82 Å². The first-order chi connectivity index (χ1) is 7.04. The average Bonchev–Trinajstić information content (AvgIpc) is 2.14. The van der Waals surface area contributed by atoms with E-state index < -0.39 is 5.82 Å². The zero-order valence-electron chi connectivity index (χ0n) is 8.43. The van der Waals surface area contributed by atoms with Crippen LogP contribution in [0.4, 0.5) is 15.8 Å². The maximum atomic E-state index is 13.1. The summed E-state index contributed by atoms with van der Waals surface area (Å²) in [6.07, 6.45) is 0.573. The molecule has 0 heterocycles. The molecular weight excluding hydrogens is 219 g/mol. The Kier molecular flexibility index (Phi) is 4.17. The van der Waals surface area contributed by atoms with Crippen LogP contribution in [0.1, 0.15) is 13.3 Å². The Morgan fingerprint density at radius 1 is 1.60 bits per heavy atom. The van der Waals surface area contributed by atoms with Crippen molar-refractivity contribution in [1.82, 2.24) is 0 Å². The van der Waals surface area contributed by atoms with E-state index in [2.05, 4.69) is 5.32 Å². The van der Waals surface area contributed by atoms with Crippen molar-refractivity contribution in [2.45, 2.75) is 19.4 Å². The molecule has 0 bridgehead atoms. The smallest absolute Gasteiger partial charge is 0.143 e. The number of benzene rings is 1. The molecule has 5 heteroatoms. The first kappa shape index (κ1) is 12.1.